The summed E-state index contributed by atoms with van der Waals surface area (Å²) in [7, 11) is 0. The molecular formula is C25H31BrN2O4. The van der Waals surface area contributed by atoms with E-state index in [0.717, 1.165) is 34.9 Å². The topological polar surface area (TPSA) is 80.2 Å². The fourth-order valence-electron chi connectivity index (χ4n) is 3.53. The fourth-order valence-corrected chi connectivity index (χ4v) is 3.95. The predicted octanol–water partition coefficient (Wildman–Crippen LogP) is 4.28. The van der Waals surface area contributed by atoms with Crippen LogP contribution in [-0.2, 0) is 16.0 Å². The number of ether oxygens (including phenoxy) is 2. The first-order chi connectivity index (χ1) is 15.6. The van der Waals surface area contributed by atoms with E-state index in [0.29, 0.717) is 37.6 Å². The van der Waals surface area contributed by atoms with Crippen LogP contribution in [0.5, 0.6) is 5.75 Å². The summed E-state index contributed by atoms with van der Waals surface area (Å²) in [6, 6.07) is 15.3. The van der Waals surface area contributed by atoms with Crippen LogP contribution in [0.3, 0.4) is 0 Å². The largest absolute Gasteiger partial charge is 0.494 e. The molecule has 3 rings (SSSR count). The molecule has 1 aliphatic rings. The van der Waals surface area contributed by atoms with Gasteiger partial charge in [-0.1, -0.05) is 53.9 Å². The maximum absolute atomic E-state index is 13.3. The van der Waals surface area contributed by atoms with Crippen LogP contribution in [0.2, 0.25) is 0 Å². The third kappa shape index (κ3) is 6.33. The monoisotopic (exact) mass is 502 g/mol. The summed E-state index contributed by atoms with van der Waals surface area (Å²) in [5.74, 6) is 1.07. The molecule has 1 amide bonds. The van der Waals surface area contributed by atoms with E-state index in [1.165, 1.54) is 0 Å². The molecule has 2 aromatic carbocycles. The Balaban J connectivity index is 1.80. The minimum atomic E-state index is -1.01. The molecule has 0 spiro atoms. The van der Waals surface area contributed by atoms with Gasteiger partial charge in [-0.05, 0) is 42.3 Å². The highest BCUT2D eigenvalue weighted by Crippen LogP contribution is 2.30. The zero-order valence-corrected chi connectivity index (χ0v) is 20.1. The van der Waals surface area contributed by atoms with Crippen molar-refractivity contribution in [2.75, 3.05) is 26.4 Å². The quantitative estimate of drug-likeness (QED) is 0.424. The molecule has 2 N–H and O–H groups in total. The van der Waals surface area contributed by atoms with E-state index >= 15 is 0 Å². The van der Waals surface area contributed by atoms with Crippen LogP contribution >= 0.6 is 15.9 Å². The second-order valence-electron chi connectivity index (χ2n) is 7.92. The van der Waals surface area contributed by atoms with Crippen molar-refractivity contribution in [1.29, 1.82) is 0 Å². The number of nitrogens with one attached hydrogen (secondary N) is 1. The molecule has 7 heteroatoms. The molecule has 6 nitrogen and oxygen atoms in total. The first-order valence-electron chi connectivity index (χ1n) is 11.2. The van der Waals surface area contributed by atoms with Gasteiger partial charge in [0.15, 0.2) is 5.54 Å². The van der Waals surface area contributed by atoms with Crippen LogP contribution in [0.15, 0.2) is 58.0 Å². The Labute approximate surface area is 198 Å². The summed E-state index contributed by atoms with van der Waals surface area (Å²) in [4.78, 5) is 18.1. The summed E-state index contributed by atoms with van der Waals surface area (Å²) in [5.41, 5.74) is 0.798. The standard InChI is InChI=1S/C25H31BrN2O4/c1-2-3-6-14-27-24(30)25(17-20-8-4-5-9-22(20)26)18-32-23(28-25)19-10-12-21(13-11-19)31-16-7-15-29/h4-5,8-13,29H,2-3,6-7,14-18H2,1H3,(H,27,30)/t25-/m1/s1. The highest BCUT2D eigenvalue weighted by Gasteiger charge is 2.44. The highest BCUT2D eigenvalue weighted by atomic mass is 79.9. The fraction of sp³-hybridized carbons (Fsp3) is 0.440. The first kappa shape index (κ1) is 24.3. The number of hydrogen-bond donors (Lipinski definition) is 2. The predicted molar refractivity (Wildman–Crippen MR) is 129 cm³/mol. The minimum Gasteiger partial charge on any atom is -0.494 e. The number of hydrogen-bond acceptors (Lipinski definition) is 5. The molecule has 0 radical (unpaired) electrons. The average molecular weight is 503 g/mol. The summed E-state index contributed by atoms with van der Waals surface area (Å²) < 4.78 is 12.5. The summed E-state index contributed by atoms with van der Waals surface area (Å²) in [5, 5.41) is 11.9. The van der Waals surface area contributed by atoms with Crippen molar-refractivity contribution in [1.82, 2.24) is 5.32 Å². The number of unbranched alkanes of at least 4 members (excludes halogenated alkanes) is 2. The van der Waals surface area contributed by atoms with Crippen molar-refractivity contribution in [2.24, 2.45) is 4.99 Å². The van der Waals surface area contributed by atoms with Gasteiger partial charge in [0.2, 0.25) is 5.90 Å². The summed E-state index contributed by atoms with van der Waals surface area (Å²) in [6.45, 7) is 3.52. The number of aliphatic hydroxyl groups excluding tert-OH is 1. The second kappa shape index (κ2) is 12.0. The summed E-state index contributed by atoms with van der Waals surface area (Å²) in [6.07, 6.45) is 4.16. The number of aliphatic hydroxyl groups is 1. The SMILES string of the molecule is CCCCCNC(=O)[C@@]1(Cc2ccccc2Br)COC(c2ccc(OCCCO)cc2)=N1. The van der Waals surface area contributed by atoms with Crippen molar-refractivity contribution >= 4 is 27.7 Å². The first-order valence-corrected chi connectivity index (χ1v) is 12.0. The minimum absolute atomic E-state index is 0.100. The van der Waals surface area contributed by atoms with Crippen molar-refractivity contribution in [3.8, 4) is 5.75 Å². The van der Waals surface area contributed by atoms with Crippen LogP contribution in [0.25, 0.3) is 0 Å². The van der Waals surface area contributed by atoms with E-state index in [9.17, 15) is 4.79 Å². The molecule has 172 valence electrons. The molecule has 0 saturated carbocycles. The number of aliphatic imine (C=N–C) groups is 1. The normalized spacial score (nSPS) is 17.5. The van der Waals surface area contributed by atoms with Crippen LogP contribution < -0.4 is 10.1 Å². The lowest BCUT2D eigenvalue weighted by molar-refractivity contribution is -0.126. The summed E-state index contributed by atoms with van der Waals surface area (Å²) >= 11 is 3.59. The molecule has 0 saturated heterocycles. The Bertz CT molecular complexity index is 916. The van der Waals surface area contributed by atoms with E-state index in [-0.39, 0.29) is 19.1 Å². The van der Waals surface area contributed by atoms with E-state index < -0.39 is 5.54 Å². The molecule has 1 atom stereocenters. The highest BCUT2D eigenvalue weighted by molar-refractivity contribution is 9.10. The zero-order valence-electron chi connectivity index (χ0n) is 18.5. The van der Waals surface area contributed by atoms with Crippen LogP contribution in [0.1, 0.15) is 43.7 Å². The van der Waals surface area contributed by atoms with E-state index in [1.54, 1.807) is 0 Å². The van der Waals surface area contributed by atoms with Crippen molar-refractivity contribution in [2.45, 2.75) is 44.6 Å². The van der Waals surface area contributed by atoms with Gasteiger partial charge < -0.3 is 19.9 Å². The number of benzene rings is 2. The Hall–Kier alpha value is -2.38. The molecule has 0 aromatic heterocycles. The number of rotatable bonds is 12. The number of carbonyl (C=O) groups excluding carboxylic acids is 1. The molecule has 0 aliphatic carbocycles. The number of carbonyl (C=O) groups is 1. The molecule has 2 aromatic rings. The van der Waals surface area contributed by atoms with Gasteiger partial charge in [-0.15, -0.1) is 0 Å². The van der Waals surface area contributed by atoms with Crippen molar-refractivity contribution in [3.05, 3.63) is 64.1 Å². The van der Waals surface area contributed by atoms with E-state index in [2.05, 4.69) is 28.2 Å². The van der Waals surface area contributed by atoms with Gasteiger partial charge in [0.1, 0.15) is 12.4 Å². The van der Waals surface area contributed by atoms with Gasteiger partial charge in [-0.25, -0.2) is 4.99 Å². The van der Waals surface area contributed by atoms with Gasteiger partial charge in [0.25, 0.3) is 5.91 Å². The third-order valence-corrected chi connectivity index (χ3v) is 6.14. The Morgan fingerprint density at radius 2 is 1.97 bits per heavy atom. The molecule has 1 heterocycles. The Kier molecular flexibility index (Phi) is 9.11. The van der Waals surface area contributed by atoms with Gasteiger partial charge in [-0.3, -0.25) is 4.79 Å². The lowest BCUT2D eigenvalue weighted by Gasteiger charge is -2.23. The van der Waals surface area contributed by atoms with Gasteiger partial charge in [0, 0.05) is 36.0 Å². The molecule has 0 bridgehead atoms. The van der Waals surface area contributed by atoms with Gasteiger partial charge in [0.05, 0.1) is 6.61 Å². The van der Waals surface area contributed by atoms with Crippen LogP contribution in [0, 0.1) is 0 Å². The number of amides is 1. The average Bonchev–Trinajstić information content (AvgIpc) is 3.24. The number of nitrogens with zero attached hydrogens (tertiary/aromatic N) is 1. The lowest BCUT2D eigenvalue weighted by Crippen LogP contribution is -2.48. The van der Waals surface area contributed by atoms with Crippen LogP contribution in [-0.4, -0.2) is 48.8 Å². The maximum atomic E-state index is 13.3. The van der Waals surface area contributed by atoms with E-state index in [1.807, 2.05) is 48.5 Å². The van der Waals surface area contributed by atoms with Crippen molar-refractivity contribution < 1.29 is 19.4 Å². The molecule has 0 fully saturated rings. The molecule has 0 unspecified atom stereocenters. The maximum Gasteiger partial charge on any atom is 0.251 e. The van der Waals surface area contributed by atoms with Crippen LogP contribution in [0.4, 0.5) is 0 Å². The second-order valence-corrected chi connectivity index (χ2v) is 8.77. The Morgan fingerprint density at radius 1 is 1.19 bits per heavy atom. The van der Waals surface area contributed by atoms with Gasteiger partial charge in [-0.2, -0.15) is 0 Å². The smallest absolute Gasteiger partial charge is 0.251 e. The molecule has 1 aliphatic heterocycles. The zero-order chi connectivity index (χ0) is 22.8. The van der Waals surface area contributed by atoms with Crippen molar-refractivity contribution in [3.63, 3.8) is 0 Å². The Morgan fingerprint density at radius 3 is 2.69 bits per heavy atom. The van der Waals surface area contributed by atoms with E-state index in [4.69, 9.17) is 19.6 Å². The third-order valence-electron chi connectivity index (χ3n) is 5.36. The van der Waals surface area contributed by atoms with Gasteiger partial charge >= 0.3 is 0 Å². The molecular weight excluding hydrogens is 472 g/mol. The number of halogens is 1. The lowest BCUT2D eigenvalue weighted by atomic mass is 9.91. The molecule has 32 heavy (non-hydrogen) atoms.